The van der Waals surface area contributed by atoms with Gasteiger partial charge >= 0.3 is 12.4 Å². The zero-order valence-corrected chi connectivity index (χ0v) is 14.6. The SMILES string of the molecule is CCOC(=O)C(C)Oc1ccc(OC2Nc3ccc(Cl)cc3O2)cc1. The number of anilines is 1. The number of hydrogen-bond acceptors (Lipinski definition) is 6. The van der Waals surface area contributed by atoms with Crippen molar-refractivity contribution in [3.8, 4) is 17.2 Å². The highest BCUT2D eigenvalue weighted by atomic mass is 35.5. The van der Waals surface area contributed by atoms with E-state index in [9.17, 15) is 4.79 Å². The minimum atomic E-state index is -0.675. The quantitative estimate of drug-likeness (QED) is 0.787. The summed E-state index contributed by atoms with van der Waals surface area (Å²) < 4.78 is 21.8. The third-order valence-electron chi connectivity index (χ3n) is 3.45. The molecule has 0 aromatic heterocycles. The van der Waals surface area contributed by atoms with Gasteiger partial charge in [0, 0.05) is 11.1 Å². The number of fused-ring (bicyclic) bond motifs is 1. The van der Waals surface area contributed by atoms with E-state index in [1.165, 1.54) is 0 Å². The van der Waals surface area contributed by atoms with Crippen molar-refractivity contribution in [1.29, 1.82) is 0 Å². The Labute approximate surface area is 150 Å². The molecule has 0 spiro atoms. The maximum Gasteiger partial charge on any atom is 0.347 e. The normalized spacial score (nSPS) is 16.2. The van der Waals surface area contributed by atoms with Crippen LogP contribution in [0.15, 0.2) is 42.5 Å². The van der Waals surface area contributed by atoms with Gasteiger partial charge in [-0.1, -0.05) is 11.6 Å². The third kappa shape index (κ3) is 4.28. The lowest BCUT2D eigenvalue weighted by Gasteiger charge is -2.15. The average molecular weight is 364 g/mol. The molecule has 1 aliphatic rings. The van der Waals surface area contributed by atoms with Gasteiger partial charge in [-0.2, -0.15) is 0 Å². The van der Waals surface area contributed by atoms with Crippen molar-refractivity contribution in [3.63, 3.8) is 0 Å². The van der Waals surface area contributed by atoms with Gasteiger partial charge in [0.25, 0.3) is 0 Å². The zero-order chi connectivity index (χ0) is 17.8. The van der Waals surface area contributed by atoms with Crippen LogP contribution in [0.5, 0.6) is 17.2 Å². The minimum absolute atomic E-state index is 0.321. The summed E-state index contributed by atoms with van der Waals surface area (Å²) in [6.45, 7) is 3.71. The number of hydrogen-bond donors (Lipinski definition) is 1. The maximum absolute atomic E-state index is 11.6. The summed E-state index contributed by atoms with van der Waals surface area (Å²) in [6, 6.07) is 12.2. The molecular weight excluding hydrogens is 346 g/mol. The van der Waals surface area contributed by atoms with Gasteiger partial charge < -0.3 is 24.3 Å². The Bertz CT molecular complexity index is 750. The first-order valence-electron chi connectivity index (χ1n) is 7.88. The molecule has 0 amide bonds. The summed E-state index contributed by atoms with van der Waals surface area (Å²) in [5, 5.41) is 3.69. The van der Waals surface area contributed by atoms with Gasteiger partial charge in [0.2, 0.25) is 0 Å². The summed E-state index contributed by atoms with van der Waals surface area (Å²) in [6.07, 6.45) is -1.32. The highest BCUT2D eigenvalue weighted by Gasteiger charge is 2.23. The number of ether oxygens (including phenoxy) is 4. The molecule has 25 heavy (non-hydrogen) atoms. The molecule has 7 heteroatoms. The fourth-order valence-electron chi connectivity index (χ4n) is 2.27. The number of halogens is 1. The van der Waals surface area contributed by atoms with Crippen molar-refractivity contribution in [2.45, 2.75) is 26.4 Å². The number of benzene rings is 2. The highest BCUT2D eigenvalue weighted by molar-refractivity contribution is 6.30. The standard InChI is InChI=1S/C18H18ClNO5/c1-3-22-17(21)11(2)23-13-5-7-14(8-6-13)24-18-20-15-9-4-12(19)10-16(15)25-18/h4-11,18,20H,3H2,1-2H3. The van der Waals surface area contributed by atoms with Crippen molar-refractivity contribution >= 4 is 23.3 Å². The van der Waals surface area contributed by atoms with Crippen LogP contribution in [0.2, 0.25) is 5.02 Å². The second kappa shape index (κ2) is 7.53. The van der Waals surface area contributed by atoms with Crippen molar-refractivity contribution in [1.82, 2.24) is 0 Å². The van der Waals surface area contributed by atoms with Crippen LogP contribution >= 0.6 is 11.6 Å². The number of carbonyl (C=O) groups excluding carboxylic acids is 1. The van der Waals surface area contributed by atoms with Gasteiger partial charge in [0.05, 0.1) is 12.3 Å². The Morgan fingerprint density at radius 1 is 1.24 bits per heavy atom. The predicted molar refractivity (Wildman–Crippen MR) is 93.3 cm³/mol. The first kappa shape index (κ1) is 17.2. The second-order valence-electron chi connectivity index (χ2n) is 5.34. The molecule has 2 atom stereocenters. The number of rotatable bonds is 6. The van der Waals surface area contributed by atoms with Gasteiger partial charge in [-0.05, 0) is 50.2 Å². The second-order valence-corrected chi connectivity index (χ2v) is 5.77. The molecule has 2 unspecified atom stereocenters. The smallest absolute Gasteiger partial charge is 0.347 e. The summed E-state index contributed by atoms with van der Waals surface area (Å²) >= 11 is 5.94. The number of nitrogens with one attached hydrogen (secondary N) is 1. The molecule has 0 aliphatic carbocycles. The van der Waals surface area contributed by atoms with Crippen molar-refractivity contribution in [3.05, 3.63) is 47.5 Å². The average Bonchev–Trinajstić information content (AvgIpc) is 2.98. The van der Waals surface area contributed by atoms with Crippen LogP contribution in [0.1, 0.15) is 13.8 Å². The van der Waals surface area contributed by atoms with Crippen molar-refractivity contribution < 1.29 is 23.7 Å². The Morgan fingerprint density at radius 2 is 1.96 bits per heavy atom. The van der Waals surface area contributed by atoms with E-state index in [1.807, 2.05) is 6.07 Å². The van der Waals surface area contributed by atoms with E-state index < -0.39 is 18.5 Å². The maximum atomic E-state index is 11.6. The zero-order valence-electron chi connectivity index (χ0n) is 13.8. The molecule has 1 heterocycles. The van der Waals surface area contributed by atoms with Gasteiger partial charge in [-0.25, -0.2) is 4.79 Å². The minimum Gasteiger partial charge on any atom is -0.479 e. The summed E-state index contributed by atoms with van der Waals surface area (Å²) in [5.74, 6) is 1.37. The lowest BCUT2D eigenvalue weighted by molar-refractivity contribution is -0.150. The molecule has 1 aliphatic heterocycles. The topological polar surface area (TPSA) is 66.0 Å². The third-order valence-corrected chi connectivity index (χ3v) is 3.68. The monoisotopic (exact) mass is 363 g/mol. The molecule has 2 aromatic rings. The fraction of sp³-hybridized carbons (Fsp3) is 0.278. The Balaban J connectivity index is 1.56. The molecule has 1 N–H and O–H groups in total. The van der Waals surface area contributed by atoms with Crippen LogP contribution in [0, 0.1) is 0 Å². The van der Waals surface area contributed by atoms with Crippen molar-refractivity contribution in [2.24, 2.45) is 0 Å². The van der Waals surface area contributed by atoms with Crippen LogP contribution in [0.25, 0.3) is 0 Å². The lowest BCUT2D eigenvalue weighted by Crippen LogP contribution is -2.27. The number of carbonyl (C=O) groups is 1. The molecule has 132 valence electrons. The van der Waals surface area contributed by atoms with E-state index in [0.717, 1.165) is 5.69 Å². The molecule has 6 nitrogen and oxygen atoms in total. The predicted octanol–water partition coefficient (Wildman–Crippen LogP) is 3.84. The summed E-state index contributed by atoms with van der Waals surface area (Å²) in [4.78, 5) is 11.6. The fourth-order valence-corrected chi connectivity index (χ4v) is 2.43. The molecule has 0 bridgehead atoms. The van der Waals surface area contributed by atoms with E-state index in [2.05, 4.69) is 5.32 Å². The van der Waals surface area contributed by atoms with Gasteiger partial charge in [0.15, 0.2) is 11.9 Å². The Morgan fingerprint density at radius 3 is 2.68 bits per heavy atom. The van der Waals surface area contributed by atoms with E-state index in [-0.39, 0.29) is 0 Å². The first-order chi connectivity index (χ1) is 12.0. The first-order valence-corrected chi connectivity index (χ1v) is 8.25. The van der Waals surface area contributed by atoms with Crippen LogP contribution in [0.3, 0.4) is 0 Å². The molecule has 0 saturated heterocycles. The van der Waals surface area contributed by atoms with Crippen molar-refractivity contribution in [2.75, 3.05) is 11.9 Å². The van der Waals surface area contributed by atoms with Crippen LogP contribution < -0.4 is 19.5 Å². The van der Waals surface area contributed by atoms with Gasteiger partial charge in [-0.15, -0.1) is 0 Å². The highest BCUT2D eigenvalue weighted by Crippen LogP contribution is 2.34. The van der Waals surface area contributed by atoms with E-state index in [1.54, 1.807) is 50.2 Å². The van der Waals surface area contributed by atoms with E-state index in [0.29, 0.717) is 28.9 Å². The van der Waals surface area contributed by atoms with E-state index in [4.69, 9.17) is 30.5 Å². The van der Waals surface area contributed by atoms with Gasteiger partial charge in [0.1, 0.15) is 11.5 Å². The number of esters is 1. The van der Waals surface area contributed by atoms with E-state index >= 15 is 0 Å². The Kier molecular flexibility index (Phi) is 5.19. The molecular formula is C18H18ClNO5. The molecule has 2 aromatic carbocycles. The molecule has 3 rings (SSSR count). The Hall–Kier alpha value is -2.60. The molecule has 0 saturated carbocycles. The van der Waals surface area contributed by atoms with Gasteiger partial charge in [-0.3, -0.25) is 0 Å². The summed E-state index contributed by atoms with van der Waals surface area (Å²) in [5.41, 5.74) is 0.817. The molecule has 0 radical (unpaired) electrons. The molecule has 0 fully saturated rings. The largest absolute Gasteiger partial charge is 0.479 e. The van der Waals surface area contributed by atoms with Crippen LogP contribution in [-0.2, 0) is 9.53 Å². The lowest BCUT2D eigenvalue weighted by atomic mass is 10.3. The summed E-state index contributed by atoms with van der Waals surface area (Å²) in [7, 11) is 0. The van der Waals surface area contributed by atoms with Crippen LogP contribution in [-0.4, -0.2) is 25.1 Å². The van der Waals surface area contributed by atoms with Crippen LogP contribution in [0.4, 0.5) is 5.69 Å².